The molecule has 1 aliphatic rings. The van der Waals surface area contributed by atoms with Gasteiger partial charge in [-0.2, -0.15) is 0 Å². The molecule has 116 valence electrons. The summed E-state index contributed by atoms with van der Waals surface area (Å²) in [5.74, 6) is 1.99. The summed E-state index contributed by atoms with van der Waals surface area (Å²) in [6.45, 7) is 1.09. The maximum Gasteiger partial charge on any atom is 0.132 e. The molecule has 2 aromatic rings. The maximum atomic E-state index is 4.62. The van der Waals surface area contributed by atoms with Crippen LogP contribution < -0.4 is 10.2 Å². The average Bonchev–Trinajstić information content (AvgIpc) is 2.61. The molecule has 1 atom stereocenters. The van der Waals surface area contributed by atoms with Crippen LogP contribution in [-0.4, -0.2) is 34.6 Å². The van der Waals surface area contributed by atoms with Gasteiger partial charge in [0.25, 0.3) is 0 Å². The molecule has 1 fully saturated rings. The van der Waals surface area contributed by atoms with Crippen LogP contribution in [0.1, 0.15) is 31.4 Å². The van der Waals surface area contributed by atoms with E-state index in [2.05, 4.69) is 37.3 Å². The van der Waals surface area contributed by atoms with E-state index in [0.717, 1.165) is 36.7 Å². The van der Waals surface area contributed by atoms with Crippen molar-refractivity contribution in [2.75, 3.05) is 23.8 Å². The molecule has 0 spiro atoms. The number of anilines is 2. The Morgan fingerprint density at radius 3 is 3.05 bits per heavy atom. The maximum absolute atomic E-state index is 4.62. The molecule has 0 saturated carbocycles. The Morgan fingerprint density at radius 2 is 2.23 bits per heavy atom. The van der Waals surface area contributed by atoms with Crippen molar-refractivity contribution < 1.29 is 0 Å². The van der Waals surface area contributed by atoms with E-state index >= 15 is 0 Å². The highest BCUT2D eigenvalue weighted by Crippen LogP contribution is 2.25. The fraction of sp³-hybridized carbons (Fsp3) is 0.471. The summed E-state index contributed by atoms with van der Waals surface area (Å²) < 4.78 is 0. The molecular weight excluding hydrogens is 274 g/mol. The van der Waals surface area contributed by atoms with E-state index in [1.807, 2.05) is 25.4 Å². The lowest BCUT2D eigenvalue weighted by Gasteiger charge is -2.36. The summed E-state index contributed by atoms with van der Waals surface area (Å²) in [5, 5.41) is 3.10. The van der Waals surface area contributed by atoms with Gasteiger partial charge >= 0.3 is 0 Å². The lowest BCUT2D eigenvalue weighted by atomic mass is 9.97. The first-order chi connectivity index (χ1) is 10.9. The van der Waals surface area contributed by atoms with Gasteiger partial charge in [0.15, 0.2) is 0 Å². The third-order valence-electron chi connectivity index (χ3n) is 4.28. The second-order valence-electron chi connectivity index (χ2n) is 5.71. The molecule has 0 amide bonds. The van der Waals surface area contributed by atoms with Crippen LogP contribution in [0.15, 0.2) is 36.8 Å². The summed E-state index contributed by atoms with van der Waals surface area (Å²) in [6, 6.07) is 8.73. The van der Waals surface area contributed by atoms with E-state index in [9.17, 15) is 0 Å². The summed E-state index contributed by atoms with van der Waals surface area (Å²) in [6.07, 6.45) is 9.36. The minimum Gasteiger partial charge on any atom is -0.373 e. The standard InChI is InChI=1S/C17H23N5/c1-18-16-7-4-5-14(21-16)8-9-15-6-2-3-12-22(15)17-10-11-19-13-20-17/h4-5,7,10-11,13,15H,2-3,6,8-9,12H2,1H3,(H,18,21)/t15-/m1/s1. The minimum absolute atomic E-state index is 0.545. The zero-order valence-corrected chi connectivity index (χ0v) is 13.1. The largest absolute Gasteiger partial charge is 0.373 e. The van der Waals surface area contributed by atoms with E-state index in [4.69, 9.17) is 0 Å². The molecule has 0 unspecified atom stereocenters. The second kappa shape index (κ2) is 7.20. The van der Waals surface area contributed by atoms with Gasteiger partial charge in [0.2, 0.25) is 0 Å². The predicted molar refractivity (Wildman–Crippen MR) is 89.1 cm³/mol. The number of aromatic nitrogens is 3. The van der Waals surface area contributed by atoms with E-state index in [1.54, 1.807) is 6.33 Å². The lowest BCUT2D eigenvalue weighted by molar-refractivity contribution is 0.433. The Morgan fingerprint density at radius 1 is 1.27 bits per heavy atom. The number of nitrogens with one attached hydrogen (secondary N) is 1. The topological polar surface area (TPSA) is 53.9 Å². The third kappa shape index (κ3) is 3.53. The Kier molecular flexibility index (Phi) is 4.83. The zero-order chi connectivity index (χ0) is 15.2. The highest BCUT2D eigenvalue weighted by Gasteiger charge is 2.23. The van der Waals surface area contributed by atoms with Gasteiger partial charge in [-0.25, -0.2) is 15.0 Å². The first-order valence-electron chi connectivity index (χ1n) is 8.03. The Labute approximate surface area is 131 Å². The molecule has 0 aliphatic carbocycles. The zero-order valence-electron chi connectivity index (χ0n) is 13.1. The molecule has 5 heteroatoms. The quantitative estimate of drug-likeness (QED) is 0.919. The van der Waals surface area contributed by atoms with Crippen molar-refractivity contribution in [3.8, 4) is 0 Å². The first-order valence-corrected chi connectivity index (χ1v) is 8.03. The average molecular weight is 297 g/mol. The molecule has 1 aliphatic heterocycles. The molecule has 0 bridgehead atoms. The van der Waals surface area contributed by atoms with Crippen LogP contribution in [0.2, 0.25) is 0 Å². The molecule has 1 saturated heterocycles. The second-order valence-corrected chi connectivity index (χ2v) is 5.71. The number of hydrogen-bond acceptors (Lipinski definition) is 5. The van der Waals surface area contributed by atoms with E-state index in [-0.39, 0.29) is 0 Å². The Balaban J connectivity index is 1.66. The molecule has 2 aromatic heterocycles. The van der Waals surface area contributed by atoms with E-state index in [1.165, 1.54) is 19.3 Å². The molecule has 22 heavy (non-hydrogen) atoms. The summed E-state index contributed by atoms with van der Waals surface area (Å²) in [7, 11) is 1.91. The van der Waals surface area contributed by atoms with Gasteiger partial charge in [-0.1, -0.05) is 6.07 Å². The van der Waals surface area contributed by atoms with Crippen LogP contribution in [0.25, 0.3) is 0 Å². The van der Waals surface area contributed by atoms with Crippen molar-refractivity contribution in [3.63, 3.8) is 0 Å². The SMILES string of the molecule is CNc1cccc(CC[C@H]2CCCCN2c2ccncn2)n1. The first kappa shape index (κ1) is 14.8. The van der Waals surface area contributed by atoms with Gasteiger partial charge in [-0.3, -0.25) is 0 Å². The molecule has 1 N–H and O–H groups in total. The van der Waals surface area contributed by atoms with Gasteiger partial charge in [-0.05, 0) is 50.3 Å². The lowest BCUT2D eigenvalue weighted by Crippen LogP contribution is -2.40. The number of piperidine rings is 1. The van der Waals surface area contributed by atoms with Crippen LogP contribution in [0, 0.1) is 0 Å². The van der Waals surface area contributed by atoms with Crippen molar-refractivity contribution in [3.05, 3.63) is 42.5 Å². The van der Waals surface area contributed by atoms with E-state index in [0.29, 0.717) is 6.04 Å². The highest BCUT2D eigenvalue weighted by atomic mass is 15.2. The predicted octanol–water partition coefficient (Wildman–Crippen LogP) is 2.91. The molecule has 3 rings (SSSR count). The number of nitrogens with zero attached hydrogens (tertiary/aromatic N) is 4. The Hall–Kier alpha value is -2.17. The van der Waals surface area contributed by atoms with Crippen molar-refractivity contribution in [1.82, 2.24) is 15.0 Å². The smallest absolute Gasteiger partial charge is 0.132 e. The van der Waals surface area contributed by atoms with E-state index < -0.39 is 0 Å². The number of aryl methyl sites for hydroxylation is 1. The van der Waals surface area contributed by atoms with Crippen LogP contribution in [0.5, 0.6) is 0 Å². The van der Waals surface area contributed by atoms with Crippen LogP contribution in [0.4, 0.5) is 11.6 Å². The normalized spacial score (nSPS) is 18.2. The highest BCUT2D eigenvalue weighted by molar-refractivity contribution is 5.39. The monoisotopic (exact) mass is 297 g/mol. The van der Waals surface area contributed by atoms with Gasteiger partial charge in [0.05, 0.1) is 0 Å². The van der Waals surface area contributed by atoms with Crippen molar-refractivity contribution in [2.24, 2.45) is 0 Å². The molecule has 3 heterocycles. The molecule has 5 nitrogen and oxygen atoms in total. The molecule has 0 aromatic carbocycles. The van der Waals surface area contributed by atoms with Crippen LogP contribution in [0.3, 0.4) is 0 Å². The van der Waals surface area contributed by atoms with Crippen LogP contribution in [-0.2, 0) is 6.42 Å². The summed E-state index contributed by atoms with van der Waals surface area (Å²) >= 11 is 0. The van der Waals surface area contributed by atoms with Crippen LogP contribution >= 0.6 is 0 Å². The minimum atomic E-state index is 0.545. The fourth-order valence-electron chi connectivity index (χ4n) is 3.13. The number of rotatable bonds is 5. The third-order valence-corrected chi connectivity index (χ3v) is 4.28. The van der Waals surface area contributed by atoms with Crippen molar-refractivity contribution in [2.45, 2.75) is 38.1 Å². The van der Waals surface area contributed by atoms with Crippen molar-refractivity contribution in [1.29, 1.82) is 0 Å². The van der Waals surface area contributed by atoms with Gasteiger partial charge in [0, 0.05) is 31.5 Å². The van der Waals surface area contributed by atoms with Gasteiger partial charge in [0.1, 0.15) is 18.0 Å². The van der Waals surface area contributed by atoms with Gasteiger partial charge in [-0.15, -0.1) is 0 Å². The summed E-state index contributed by atoms with van der Waals surface area (Å²) in [5.41, 5.74) is 1.15. The summed E-state index contributed by atoms with van der Waals surface area (Å²) in [4.78, 5) is 15.5. The molecular formula is C17H23N5. The number of hydrogen-bond donors (Lipinski definition) is 1. The Bertz CT molecular complexity index is 587. The van der Waals surface area contributed by atoms with Gasteiger partial charge < -0.3 is 10.2 Å². The van der Waals surface area contributed by atoms with Crippen molar-refractivity contribution >= 4 is 11.6 Å². The molecule has 0 radical (unpaired) electrons. The fourth-order valence-corrected chi connectivity index (χ4v) is 3.13. The number of pyridine rings is 1.